The number of carbonyl (C=O) groups excluding carboxylic acids is 1. The van der Waals surface area contributed by atoms with E-state index in [1.807, 2.05) is 20.8 Å². The summed E-state index contributed by atoms with van der Waals surface area (Å²) in [5, 5.41) is 4.07. The van der Waals surface area contributed by atoms with E-state index in [0.717, 1.165) is 4.47 Å². The molecule has 0 N–H and O–H groups in total. The first kappa shape index (κ1) is 14.4. The Morgan fingerprint density at radius 1 is 1.47 bits per heavy atom. The largest absolute Gasteiger partial charge is 0.367 e. The van der Waals surface area contributed by atoms with Crippen molar-refractivity contribution in [1.29, 1.82) is 0 Å². The molecule has 0 amide bonds. The molecule has 0 unspecified atom stereocenters. The Morgan fingerprint density at radius 2 is 2.06 bits per heavy atom. The van der Waals surface area contributed by atoms with Gasteiger partial charge in [0.05, 0.1) is 10.7 Å². The average molecular weight is 303 g/mol. The number of nitrogens with zero attached hydrogens (tertiary/aromatic N) is 2. The number of ether oxygens (including phenoxy) is 1. The summed E-state index contributed by atoms with van der Waals surface area (Å²) < 4.78 is 8.02. The molecule has 17 heavy (non-hydrogen) atoms. The molecule has 0 aliphatic carbocycles. The molecule has 0 atom stereocenters. The topological polar surface area (TPSA) is 44.1 Å². The van der Waals surface area contributed by atoms with E-state index in [2.05, 4.69) is 21.0 Å². The minimum absolute atomic E-state index is 0.00350. The van der Waals surface area contributed by atoms with E-state index in [1.165, 1.54) is 0 Å². The third kappa shape index (κ3) is 2.60. The molecule has 0 spiro atoms. The van der Waals surface area contributed by atoms with Crippen LogP contribution in [0.4, 0.5) is 0 Å². The SMILES string of the molecule is CCOC(CC)(CC)C(=O)c1c(Br)cnn1C. The molecule has 0 aliphatic rings. The van der Waals surface area contributed by atoms with Crippen LogP contribution in [-0.4, -0.2) is 27.8 Å². The normalized spacial score (nSPS) is 11.8. The summed E-state index contributed by atoms with van der Waals surface area (Å²) in [5.74, 6) is -0.00350. The van der Waals surface area contributed by atoms with Gasteiger partial charge in [-0.1, -0.05) is 13.8 Å². The number of hydrogen-bond acceptors (Lipinski definition) is 3. The molecule has 0 fully saturated rings. The highest BCUT2D eigenvalue weighted by Gasteiger charge is 2.38. The second kappa shape index (κ2) is 5.78. The zero-order chi connectivity index (χ0) is 13.1. The van der Waals surface area contributed by atoms with Crippen LogP contribution in [0.5, 0.6) is 0 Å². The maximum atomic E-state index is 12.6. The monoisotopic (exact) mass is 302 g/mol. The fourth-order valence-corrected chi connectivity index (χ4v) is 2.53. The molecule has 0 radical (unpaired) electrons. The van der Waals surface area contributed by atoms with Crippen LogP contribution >= 0.6 is 15.9 Å². The Bertz CT molecular complexity index is 378. The van der Waals surface area contributed by atoms with Gasteiger partial charge in [-0.25, -0.2) is 0 Å². The molecule has 1 rings (SSSR count). The molecule has 0 aliphatic heterocycles. The summed E-state index contributed by atoms with van der Waals surface area (Å²) in [5.41, 5.74) is -0.160. The van der Waals surface area contributed by atoms with Crippen molar-refractivity contribution < 1.29 is 9.53 Å². The second-order valence-electron chi connectivity index (χ2n) is 3.93. The number of aryl methyl sites for hydroxylation is 1. The van der Waals surface area contributed by atoms with Gasteiger partial charge in [0.25, 0.3) is 0 Å². The van der Waals surface area contributed by atoms with E-state index >= 15 is 0 Å². The highest BCUT2D eigenvalue weighted by molar-refractivity contribution is 9.10. The number of ketones is 1. The zero-order valence-corrected chi connectivity index (χ0v) is 12.4. The van der Waals surface area contributed by atoms with E-state index in [1.54, 1.807) is 17.9 Å². The first-order valence-corrected chi connectivity index (χ1v) is 6.68. The molecule has 1 aromatic heterocycles. The van der Waals surface area contributed by atoms with E-state index in [-0.39, 0.29) is 5.78 Å². The third-order valence-corrected chi connectivity index (χ3v) is 3.67. The zero-order valence-electron chi connectivity index (χ0n) is 10.8. The van der Waals surface area contributed by atoms with Gasteiger partial charge in [0.2, 0.25) is 5.78 Å². The second-order valence-corrected chi connectivity index (χ2v) is 4.78. The molecule has 0 saturated heterocycles. The van der Waals surface area contributed by atoms with Crippen molar-refractivity contribution in [2.45, 2.75) is 39.2 Å². The molecular weight excluding hydrogens is 284 g/mol. The smallest absolute Gasteiger partial charge is 0.213 e. The van der Waals surface area contributed by atoms with Crippen molar-refractivity contribution >= 4 is 21.7 Å². The molecule has 4 nitrogen and oxygen atoms in total. The molecule has 1 heterocycles. The van der Waals surface area contributed by atoms with Gasteiger partial charge in [0, 0.05) is 13.7 Å². The molecule has 1 aromatic rings. The first-order chi connectivity index (χ1) is 8.02. The predicted octanol–water partition coefficient (Wildman–Crippen LogP) is 2.96. The lowest BCUT2D eigenvalue weighted by Crippen LogP contribution is -2.41. The van der Waals surface area contributed by atoms with Crippen LogP contribution in [0.2, 0.25) is 0 Å². The molecular formula is C12H19BrN2O2. The quantitative estimate of drug-likeness (QED) is 0.759. The van der Waals surface area contributed by atoms with Crippen LogP contribution < -0.4 is 0 Å². The fraction of sp³-hybridized carbons (Fsp3) is 0.667. The van der Waals surface area contributed by atoms with Gasteiger partial charge in [0.1, 0.15) is 11.3 Å². The van der Waals surface area contributed by atoms with E-state index in [4.69, 9.17) is 4.74 Å². The summed E-state index contributed by atoms with van der Waals surface area (Å²) in [6.45, 7) is 6.39. The number of Topliss-reactive ketones (excluding diaryl/α,β-unsaturated/α-hetero) is 1. The van der Waals surface area contributed by atoms with Crippen molar-refractivity contribution in [1.82, 2.24) is 9.78 Å². The summed E-state index contributed by atoms with van der Waals surface area (Å²) in [6.07, 6.45) is 2.96. The lowest BCUT2D eigenvalue weighted by atomic mass is 9.90. The Morgan fingerprint density at radius 3 is 2.41 bits per heavy atom. The highest BCUT2D eigenvalue weighted by Crippen LogP contribution is 2.28. The first-order valence-electron chi connectivity index (χ1n) is 5.88. The van der Waals surface area contributed by atoms with Crippen LogP contribution in [0.25, 0.3) is 0 Å². The van der Waals surface area contributed by atoms with Gasteiger partial charge < -0.3 is 4.74 Å². The van der Waals surface area contributed by atoms with Crippen molar-refractivity contribution in [3.63, 3.8) is 0 Å². The molecule has 0 aromatic carbocycles. The van der Waals surface area contributed by atoms with Gasteiger partial charge in [-0.3, -0.25) is 9.48 Å². The lowest BCUT2D eigenvalue weighted by molar-refractivity contribution is -0.0257. The molecule has 5 heteroatoms. The Kier molecular flexibility index (Phi) is 4.89. The third-order valence-electron chi connectivity index (χ3n) is 3.09. The van der Waals surface area contributed by atoms with E-state index in [0.29, 0.717) is 25.1 Å². The van der Waals surface area contributed by atoms with Gasteiger partial charge in [-0.05, 0) is 35.7 Å². The number of hydrogen-bond donors (Lipinski definition) is 0. The Balaban J connectivity index is 3.16. The van der Waals surface area contributed by atoms with E-state index < -0.39 is 5.60 Å². The minimum Gasteiger partial charge on any atom is -0.367 e. The fourth-order valence-electron chi connectivity index (χ4n) is 2.00. The van der Waals surface area contributed by atoms with Crippen molar-refractivity contribution in [2.24, 2.45) is 7.05 Å². The van der Waals surface area contributed by atoms with Gasteiger partial charge >= 0.3 is 0 Å². The highest BCUT2D eigenvalue weighted by atomic mass is 79.9. The van der Waals surface area contributed by atoms with E-state index in [9.17, 15) is 4.79 Å². The summed E-state index contributed by atoms with van der Waals surface area (Å²) in [4.78, 5) is 12.6. The summed E-state index contributed by atoms with van der Waals surface area (Å²) in [7, 11) is 1.76. The minimum atomic E-state index is -0.731. The number of rotatable bonds is 6. The van der Waals surface area contributed by atoms with Gasteiger partial charge in [-0.2, -0.15) is 5.10 Å². The van der Waals surface area contributed by atoms with Gasteiger partial charge in [0.15, 0.2) is 0 Å². The predicted molar refractivity (Wildman–Crippen MR) is 70.2 cm³/mol. The summed E-state index contributed by atoms with van der Waals surface area (Å²) >= 11 is 3.36. The van der Waals surface area contributed by atoms with Crippen molar-refractivity contribution in [2.75, 3.05) is 6.61 Å². The standard InChI is InChI=1S/C12H19BrN2O2/c1-5-12(6-2,17-7-3)11(16)10-9(13)8-14-15(10)4/h8H,5-7H2,1-4H3. The number of aromatic nitrogens is 2. The molecule has 0 bridgehead atoms. The van der Waals surface area contributed by atoms with Crippen LogP contribution in [0.1, 0.15) is 44.1 Å². The maximum Gasteiger partial charge on any atom is 0.213 e. The number of halogens is 1. The van der Waals surface area contributed by atoms with Crippen LogP contribution in [0.3, 0.4) is 0 Å². The number of carbonyl (C=O) groups is 1. The van der Waals surface area contributed by atoms with Crippen LogP contribution in [0, 0.1) is 0 Å². The van der Waals surface area contributed by atoms with Crippen LogP contribution in [-0.2, 0) is 11.8 Å². The van der Waals surface area contributed by atoms with Crippen LogP contribution in [0.15, 0.2) is 10.7 Å². The van der Waals surface area contributed by atoms with Gasteiger partial charge in [-0.15, -0.1) is 0 Å². The van der Waals surface area contributed by atoms with Crippen molar-refractivity contribution in [3.05, 3.63) is 16.4 Å². The average Bonchev–Trinajstić information content (AvgIpc) is 2.65. The maximum absolute atomic E-state index is 12.6. The lowest BCUT2D eigenvalue weighted by Gasteiger charge is -2.29. The molecule has 0 saturated carbocycles. The van der Waals surface area contributed by atoms with Crippen molar-refractivity contribution in [3.8, 4) is 0 Å². The Labute approximate surface area is 110 Å². The molecule has 96 valence electrons. The Hall–Kier alpha value is -0.680. The summed E-state index contributed by atoms with van der Waals surface area (Å²) in [6, 6.07) is 0.